The highest BCUT2D eigenvalue weighted by molar-refractivity contribution is 6.32. The van der Waals surface area contributed by atoms with Crippen molar-refractivity contribution in [2.75, 3.05) is 0 Å². The summed E-state index contributed by atoms with van der Waals surface area (Å²) < 4.78 is 14.3. The summed E-state index contributed by atoms with van der Waals surface area (Å²) in [6.07, 6.45) is 3.32. The molecule has 0 bridgehead atoms. The van der Waals surface area contributed by atoms with Gasteiger partial charge in [0.1, 0.15) is 11.4 Å². The van der Waals surface area contributed by atoms with Gasteiger partial charge < -0.3 is 10.4 Å². The average molecular weight is 453 g/mol. The number of halogens is 2. The molecular weight excluding hydrogens is 427 g/mol. The van der Waals surface area contributed by atoms with Gasteiger partial charge in [0, 0.05) is 34.1 Å². The molecule has 7 heteroatoms. The smallest absolute Gasteiger partial charge is 0.159 e. The lowest BCUT2D eigenvalue weighted by Gasteiger charge is -2.21. The molecule has 2 aromatic carbocycles. The fourth-order valence-electron chi connectivity index (χ4n) is 3.33. The van der Waals surface area contributed by atoms with Crippen LogP contribution in [0.4, 0.5) is 10.1 Å². The molecule has 3 rings (SSSR count). The Morgan fingerprint density at radius 1 is 1.16 bits per heavy atom. The predicted octanol–water partition coefficient (Wildman–Crippen LogP) is 6.12. The van der Waals surface area contributed by atoms with Crippen molar-refractivity contribution in [3.05, 3.63) is 82.7 Å². The lowest BCUT2D eigenvalue weighted by Crippen LogP contribution is -2.19. The van der Waals surface area contributed by atoms with Crippen molar-refractivity contribution in [2.24, 2.45) is 4.99 Å². The zero-order valence-corrected chi connectivity index (χ0v) is 19.3. The van der Waals surface area contributed by atoms with Gasteiger partial charge in [0.05, 0.1) is 17.4 Å². The molecule has 0 spiro atoms. The molecule has 3 aromatic rings. The minimum absolute atomic E-state index is 0.293. The standard InChI is InChI=1S/C25H26ClFN4O/c1-15(26)23(31-16(2)19-8-6-7-9-21(19)27)20-12-17(10-11-22(20)28-5)18-13-29-24(30-14-18)25(3,4)32/h6-14,16,31-32H,5H2,1-4H3/b23-15-/t16-/m1/s1. The molecule has 0 aliphatic rings. The summed E-state index contributed by atoms with van der Waals surface area (Å²) in [6.45, 7) is 10.6. The zero-order valence-electron chi connectivity index (χ0n) is 18.5. The van der Waals surface area contributed by atoms with E-state index in [1.807, 2.05) is 25.1 Å². The molecule has 166 valence electrons. The van der Waals surface area contributed by atoms with Crippen LogP contribution in [0.3, 0.4) is 0 Å². The van der Waals surface area contributed by atoms with E-state index in [1.54, 1.807) is 51.4 Å². The SMILES string of the molecule is C=Nc1ccc(-c2cnc(C(C)(C)O)nc2)cc1/C(N[C@H](C)c1ccccc1F)=C(\C)Cl. The van der Waals surface area contributed by atoms with Gasteiger partial charge in [-0.1, -0.05) is 35.9 Å². The molecule has 0 saturated heterocycles. The van der Waals surface area contributed by atoms with Gasteiger partial charge in [0.2, 0.25) is 0 Å². The number of hydrogen-bond donors (Lipinski definition) is 2. The first-order valence-corrected chi connectivity index (χ1v) is 10.5. The second kappa shape index (κ2) is 9.59. The number of allylic oxidation sites excluding steroid dienone is 1. The van der Waals surface area contributed by atoms with E-state index in [0.29, 0.717) is 27.8 Å². The number of benzene rings is 2. The van der Waals surface area contributed by atoms with Crippen LogP contribution >= 0.6 is 11.6 Å². The highest BCUT2D eigenvalue weighted by Crippen LogP contribution is 2.34. The molecule has 0 amide bonds. The molecule has 1 atom stereocenters. The van der Waals surface area contributed by atoms with Crippen molar-refractivity contribution in [3.63, 3.8) is 0 Å². The predicted molar refractivity (Wildman–Crippen MR) is 128 cm³/mol. The molecule has 1 heterocycles. The summed E-state index contributed by atoms with van der Waals surface area (Å²) in [6, 6.07) is 11.9. The fraction of sp³-hybridized carbons (Fsp3) is 0.240. The monoisotopic (exact) mass is 452 g/mol. The number of nitrogens with zero attached hydrogens (tertiary/aromatic N) is 3. The van der Waals surface area contributed by atoms with Crippen LogP contribution in [0.1, 0.15) is 50.7 Å². The van der Waals surface area contributed by atoms with Crippen molar-refractivity contribution in [2.45, 2.75) is 39.3 Å². The van der Waals surface area contributed by atoms with Gasteiger partial charge in [-0.2, -0.15) is 0 Å². The van der Waals surface area contributed by atoms with Crippen LogP contribution in [-0.4, -0.2) is 21.8 Å². The van der Waals surface area contributed by atoms with Gasteiger partial charge in [-0.25, -0.2) is 14.4 Å². The molecular formula is C25H26ClFN4O. The van der Waals surface area contributed by atoms with E-state index in [-0.39, 0.29) is 11.9 Å². The molecule has 1 aromatic heterocycles. The Balaban J connectivity index is 2.02. The van der Waals surface area contributed by atoms with E-state index >= 15 is 0 Å². The Kier molecular flexibility index (Phi) is 7.06. The maximum Gasteiger partial charge on any atom is 0.159 e. The number of aliphatic hydroxyl groups is 1. The number of rotatable bonds is 7. The summed E-state index contributed by atoms with van der Waals surface area (Å²) in [5.41, 5.74) is 2.99. The highest BCUT2D eigenvalue weighted by Gasteiger charge is 2.20. The van der Waals surface area contributed by atoms with E-state index in [9.17, 15) is 9.50 Å². The van der Waals surface area contributed by atoms with E-state index < -0.39 is 5.60 Å². The zero-order chi connectivity index (χ0) is 23.5. The molecule has 2 N–H and O–H groups in total. The molecule has 0 radical (unpaired) electrons. The highest BCUT2D eigenvalue weighted by atomic mass is 35.5. The summed E-state index contributed by atoms with van der Waals surface area (Å²) in [4.78, 5) is 12.7. The van der Waals surface area contributed by atoms with Crippen LogP contribution in [0.15, 0.2) is 64.9 Å². The van der Waals surface area contributed by atoms with Crippen LogP contribution in [-0.2, 0) is 5.60 Å². The molecule has 0 aliphatic heterocycles. The first-order chi connectivity index (χ1) is 15.1. The largest absolute Gasteiger partial charge is 0.382 e. The van der Waals surface area contributed by atoms with Crippen LogP contribution in [0.2, 0.25) is 0 Å². The maximum absolute atomic E-state index is 14.3. The summed E-state index contributed by atoms with van der Waals surface area (Å²) >= 11 is 6.46. The Labute approximate surface area is 192 Å². The molecule has 0 saturated carbocycles. The van der Waals surface area contributed by atoms with E-state index in [4.69, 9.17) is 11.6 Å². The van der Waals surface area contributed by atoms with Gasteiger partial charge in [-0.05, 0) is 58.2 Å². The molecule has 0 unspecified atom stereocenters. The Bertz CT molecular complexity index is 1150. The Hall–Kier alpha value is -3.09. The molecule has 5 nitrogen and oxygen atoms in total. The van der Waals surface area contributed by atoms with Crippen LogP contribution < -0.4 is 5.32 Å². The van der Waals surface area contributed by atoms with E-state index in [1.165, 1.54) is 6.07 Å². The molecule has 32 heavy (non-hydrogen) atoms. The van der Waals surface area contributed by atoms with Crippen molar-refractivity contribution in [1.29, 1.82) is 0 Å². The van der Waals surface area contributed by atoms with Crippen molar-refractivity contribution in [1.82, 2.24) is 15.3 Å². The third-order valence-corrected chi connectivity index (χ3v) is 5.23. The number of hydrogen-bond acceptors (Lipinski definition) is 5. The van der Waals surface area contributed by atoms with Gasteiger partial charge >= 0.3 is 0 Å². The maximum atomic E-state index is 14.3. The van der Waals surface area contributed by atoms with Gasteiger partial charge in [0.15, 0.2) is 5.82 Å². The summed E-state index contributed by atoms with van der Waals surface area (Å²) in [5.74, 6) is 0.0439. The summed E-state index contributed by atoms with van der Waals surface area (Å²) in [7, 11) is 0. The normalized spacial score (nSPS) is 13.3. The van der Waals surface area contributed by atoms with E-state index in [0.717, 1.165) is 16.7 Å². The first kappa shape index (κ1) is 23.6. The second-order valence-corrected chi connectivity index (χ2v) is 8.61. The second-order valence-electron chi connectivity index (χ2n) is 8.04. The third-order valence-electron chi connectivity index (χ3n) is 5.05. The number of aliphatic imine (C=N–C) groups is 1. The van der Waals surface area contributed by atoms with Gasteiger partial charge in [-0.15, -0.1) is 0 Å². The van der Waals surface area contributed by atoms with Gasteiger partial charge in [-0.3, -0.25) is 4.99 Å². The lowest BCUT2D eigenvalue weighted by atomic mass is 10.00. The Morgan fingerprint density at radius 3 is 2.38 bits per heavy atom. The number of aromatic nitrogens is 2. The van der Waals surface area contributed by atoms with E-state index in [2.05, 4.69) is 27.0 Å². The van der Waals surface area contributed by atoms with Crippen molar-refractivity contribution < 1.29 is 9.50 Å². The minimum Gasteiger partial charge on any atom is -0.382 e. The lowest BCUT2D eigenvalue weighted by molar-refractivity contribution is 0.0687. The van der Waals surface area contributed by atoms with Crippen molar-refractivity contribution >= 4 is 29.7 Å². The fourth-order valence-corrected chi connectivity index (χ4v) is 3.49. The molecule has 0 fully saturated rings. The van der Waals surface area contributed by atoms with Crippen LogP contribution in [0.25, 0.3) is 16.8 Å². The first-order valence-electron chi connectivity index (χ1n) is 10.2. The summed E-state index contributed by atoms with van der Waals surface area (Å²) in [5, 5.41) is 13.9. The van der Waals surface area contributed by atoms with Gasteiger partial charge in [0.25, 0.3) is 0 Å². The average Bonchev–Trinajstić information content (AvgIpc) is 2.76. The topological polar surface area (TPSA) is 70.4 Å². The quantitative estimate of drug-likeness (QED) is 0.423. The van der Waals surface area contributed by atoms with Crippen LogP contribution in [0, 0.1) is 5.82 Å². The minimum atomic E-state index is -1.13. The van der Waals surface area contributed by atoms with Crippen molar-refractivity contribution in [3.8, 4) is 11.1 Å². The van der Waals surface area contributed by atoms with Crippen LogP contribution in [0.5, 0.6) is 0 Å². The number of nitrogens with one attached hydrogen (secondary N) is 1. The Morgan fingerprint density at radius 2 is 1.81 bits per heavy atom. The third kappa shape index (κ3) is 5.21. The molecule has 0 aliphatic carbocycles.